The lowest BCUT2D eigenvalue weighted by atomic mass is 10.2. The van der Waals surface area contributed by atoms with Crippen LogP contribution in [0.1, 0.15) is 11.1 Å². The number of anilines is 1. The molecule has 0 saturated heterocycles. The van der Waals surface area contributed by atoms with E-state index in [1.54, 1.807) is 18.9 Å². The second-order valence-corrected chi connectivity index (χ2v) is 9.61. The second-order valence-electron chi connectivity index (χ2n) is 6.18. The third kappa shape index (κ3) is 4.51. The Bertz CT molecular complexity index is 959. The smallest absolute Gasteiger partial charge is 0.237 e. The molecular weight excluding hydrogens is 410 g/mol. The van der Waals surface area contributed by atoms with Crippen LogP contribution in [0.15, 0.2) is 57.2 Å². The zero-order valence-corrected chi connectivity index (χ0v) is 17.8. The monoisotopic (exact) mass is 429 g/mol. The number of ether oxygens (including phenoxy) is 1. The fourth-order valence-electron chi connectivity index (χ4n) is 2.98. The highest BCUT2D eigenvalue weighted by molar-refractivity contribution is 8.03. The number of carbonyl (C=O) groups excluding carboxylic acids is 1. The van der Waals surface area contributed by atoms with Crippen LogP contribution in [-0.2, 0) is 17.0 Å². The topological polar surface area (TPSA) is 55.3 Å². The van der Waals surface area contributed by atoms with Crippen LogP contribution in [-0.4, -0.2) is 35.5 Å². The highest BCUT2D eigenvalue weighted by Gasteiger charge is 2.24. The zero-order valence-electron chi connectivity index (χ0n) is 15.3. The summed E-state index contributed by atoms with van der Waals surface area (Å²) in [6.07, 6.45) is 0.928. The van der Waals surface area contributed by atoms with Crippen LogP contribution in [0.25, 0.3) is 0 Å². The average Bonchev–Trinajstić information content (AvgIpc) is 3.38. The van der Waals surface area contributed by atoms with Crippen LogP contribution in [0.2, 0.25) is 0 Å². The van der Waals surface area contributed by atoms with Crippen molar-refractivity contribution >= 4 is 46.5 Å². The molecule has 1 aliphatic heterocycles. The standard InChI is InChI=1S/C20H19N3O2S3/c1-25-16-8-6-14(7-9-16)12-26-19-21-22-20(28-19)27-13-18(24)23-11-10-15-4-2-3-5-17(15)23/h2-9H,10-13H2,1H3. The number of hydrogen-bond acceptors (Lipinski definition) is 7. The van der Waals surface area contributed by atoms with Crippen molar-refractivity contribution in [2.45, 2.75) is 20.9 Å². The molecular formula is C20H19N3O2S3. The fourth-order valence-corrected chi connectivity index (χ4v) is 5.83. The molecule has 4 rings (SSSR count). The number of nitrogens with zero attached hydrogens (tertiary/aromatic N) is 3. The van der Waals surface area contributed by atoms with Gasteiger partial charge in [0.05, 0.1) is 12.9 Å². The van der Waals surface area contributed by atoms with Gasteiger partial charge in [0, 0.05) is 18.0 Å². The van der Waals surface area contributed by atoms with E-state index in [-0.39, 0.29) is 5.91 Å². The summed E-state index contributed by atoms with van der Waals surface area (Å²) in [5.41, 5.74) is 3.49. The van der Waals surface area contributed by atoms with Gasteiger partial charge in [-0.2, -0.15) is 0 Å². The number of aromatic nitrogens is 2. The normalized spacial score (nSPS) is 12.8. The first-order chi connectivity index (χ1) is 13.7. The molecule has 144 valence electrons. The van der Waals surface area contributed by atoms with E-state index in [0.717, 1.165) is 38.8 Å². The van der Waals surface area contributed by atoms with E-state index >= 15 is 0 Å². The molecule has 5 nitrogen and oxygen atoms in total. The first-order valence-corrected chi connectivity index (χ1v) is 11.6. The summed E-state index contributed by atoms with van der Waals surface area (Å²) in [6, 6.07) is 16.1. The fraction of sp³-hybridized carbons (Fsp3) is 0.250. The molecule has 0 fully saturated rings. The zero-order chi connectivity index (χ0) is 19.3. The number of rotatable bonds is 7. The Kier molecular flexibility index (Phi) is 6.19. The van der Waals surface area contributed by atoms with Crippen molar-refractivity contribution in [2.24, 2.45) is 0 Å². The van der Waals surface area contributed by atoms with E-state index in [0.29, 0.717) is 5.75 Å². The SMILES string of the molecule is COc1ccc(CSc2nnc(SCC(=O)N3CCc4ccccc43)s2)cc1. The maximum Gasteiger partial charge on any atom is 0.237 e. The highest BCUT2D eigenvalue weighted by Crippen LogP contribution is 2.32. The summed E-state index contributed by atoms with van der Waals surface area (Å²) < 4.78 is 6.92. The third-order valence-corrected chi connectivity index (χ3v) is 7.66. The molecule has 0 atom stereocenters. The van der Waals surface area contributed by atoms with Crippen molar-refractivity contribution in [2.75, 3.05) is 24.3 Å². The molecule has 0 unspecified atom stereocenters. The molecule has 2 heterocycles. The Morgan fingerprint density at radius 2 is 1.86 bits per heavy atom. The minimum atomic E-state index is 0.123. The van der Waals surface area contributed by atoms with E-state index in [1.807, 2.05) is 35.2 Å². The van der Waals surface area contributed by atoms with Crippen LogP contribution >= 0.6 is 34.9 Å². The Morgan fingerprint density at radius 1 is 1.11 bits per heavy atom. The number of hydrogen-bond donors (Lipinski definition) is 0. The van der Waals surface area contributed by atoms with Gasteiger partial charge in [-0.3, -0.25) is 4.79 Å². The molecule has 1 aliphatic rings. The summed E-state index contributed by atoms with van der Waals surface area (Å²) in [4.78, 5) is 14.5. The molecule has 2 aromatic carbocycles. The van der Waals surface area contributed by atoms with Crippen molar-refractivity contribution in [1.29, 1.82) is 0 Å². The lowest BCUT2D eigenvalue weighted by molar-refractivity contribution is -0.116. The Morgan fingerprint density at radius 3 is 2.64 bits per heavy atom. The highest BCUT2D eigenvalue weighted by atomic mass is 32.2. The lowest BCUT2D eigenvalue weighted by Gasteiger charge is -2.16. The van der Waals surface area contributed by atoms with Crippen LogP contribution in [0, 0.1) is 0 Å². The van der Waals surface area contributed by atoms with Crippen LogP contribution in [0.3, 0.4) is 0 Å². The van der Waals surface area contributed by atoms with Crippen LogP contribution < -0.4 is 9.64 Å². The molecule has 0 radical (unpaired) electrons. The molecule has 0 saturated carbocycles. The maximum absolute atomic E-state index is 12.6. The predicted molar refractivity (Wildman–Crippen MR) is 116 cm³/mol. The van der Waals surface area contributed by atoms with Gasteiger partial charge in [0.25, 0.3) is 0 Å². The average molecular weight is 430 g/mol. The molecule has 1 amide bonds. The Hall–Kier alpha value is -2.03. The number of fused-ring (bicyclic) bond motifs is 1. The van der Waals surface area contributed by atoms with E-state index in [1.165, 1.54) is 34.2 Å². The Balaban J connectivity index is 1.28. The number of benzene rings is 2. The molecule has 0 bridgehead atoms. The first-order valence-electron chi connectivity index (χ1n) is 8.83. The van der Waals surface area contributed by atoms with Crippen LogP contribution in [0.5, 0.6) is 5.75 Å². The van der Waals surface area contributed by atoms with Crippen molar-refractivity contribution < 1.29 is 9.53 Å². The summed E-state index contributed by atoms with van der Waals surface area (Å²) in [5.74, 6) is 2.19. The Labute approximate surface area is 176 Å². The third-order valence-electron chi connectivity index (χ3n) is 4.42. The molecule has 0 aliphatic carbocycles. The molecule has 0 spiro atoms. The maximum atomic E-state index is 12.6. The number of carbonyl (C=O) groups is 1. The van der Waals surface area contributed by atoms with E-state index in [9.17, 15) is 4.79 Å². The van der Waals surface area contributed by atoms with Crippen molar-refractivity contribution in [3.05, 3.63) is 59.7 Å². The van der Waals surface area contributed by atoms with Gasteiger partial charge in [-0.05, 0) is 35.7 Å². The van der Waals surface area contributed by atoms with Gasteiger partial charge >= 0.3 is 0 Å². The summed E-state index contributed by atoms with van der Waals surface area (Å²) in [6.45, 7) is 0.762. The number of amides is 1. The van der Waals surface area contributed by atoms with Gasteiger partial charge in [-0.1, -0.05) is 65.2 Å². The molecule has 1 aromatic heterocycles. The molecule has 8 heteroatoms. The minimum absolute atomic E-state index is 0.123. The molecule has 28 heavy (non-hydrogen) atoms. The number of para-hydroxylation sites is 1. The van der Waals surface area contributed by atoms with Gasteiger partial charge in [0.2, 0.25) is 5.91 Å². The van der Waals surface area contributed by atoms with Gasteiger partial charge < -0.3 is 9.64 Å². The van der Waals surface area contributed by atoms with Crippen molar-refractivity contribution in [1.82, 2.24) is 10.2 Å². The minimum Gasteiger partial charge on any atom is -0.497 e. The van der Waals surface area contributed by atoms with Gasteiger partial charge in [-0.25, -0.2) is 0 Å². The van der Waals surface area contributed by atoms with E-state index in [4.69, 9.17) is 4.74 Å². The number of methoxy groups -OCH3 is 1. The predicted octanol–water partition coefficient (Wildman–Crippen LogP) is 4.52. The second kappa shape index (κ2) is 8.98. The largest absolute Gasteiger partial charge is 0.497 e. The van der Waals surface area contributed by atoms with E-state index in [2.05, 4.69) is 28.4 Å². The van der Waals surface area contributed by atoms with Gasteiger partial charge in [-0.15, -0.1) is 10.2 Å². The quantitative estimate of drug-likeness (QED) is 0.515. The van der Waals surface area contributed by atoms with E-state index < -0.39 is 0 Å². The summed E-state index contributed by atoms with van der Waals surface area (Å²) in [5, 5.41) is 8.46. The number of thioether (sulfide) groups is 2. The lowest BCUT2D eigenvalue weighted by Crippen LogP contribution is -2.30. The van der Waals surface area contributed by atoms with Gasteiger partial charge in [0.1, 0.15) is 5.75 Å². The summed E-state index contributed by atoms with van der Waals surface area (Å²) in [7, 11) is 1.66. The van der Waals surface area contributed by atoms with Gasteiger partial charge in [0.15, 0.2) is 8.68 Å². The summed E-state index contributed by atoms with van der Waals surface area (Å²) >= 11 is 4.65. The first kappa shape index (κ1) is 19.3. The molecule has 3 aromatic rings. The molecule has 0 N–H and O–H groups in total. The van der Waals surface area contributed by atoms with Crippen LogP contribution in [0.4, 0.5) is 5.69 Å². The van der Waals surface area contributed by atoms with Crippen molar-refractivity contribution in [3.63, 3.8) is 0 Å². The van der Waals surface area contributed by atoms with Crippen molar-refractivity contribution in [3.8, 4) is 5.75 Å².